The molecule has 0 heterocycles. The maximum atomic E-state index is 11.9. The lowest BCUT2D eigenvalue weighted by molar-refractivity contribution is -0.154. The number of amides is 3. The normalized spacial score (nSPS) is 15.2. The highest BCUT2D eigenvalue weighted by Crippen LogP contribution is 2.28. The Morgan fingerprint density at radius 1 is 1.23 bits per heavy atom. The summed E-state index contributed by atoms with van der Waals surface area (Å²) in [6.45, 7) is 0.872. The highest BCUT2D eigenvalue weighted by Gasteiger charge is 2.21. The van der Waals surface area contributed by atoms with Gasteiger partial charge in [0.15, 0.2) is 12.7 Å². The van der Waals surface area contributed by atoms with Crippen LogP contribution in [0, 0.1) is 0 Å². The van der Waals surface area contributed by atoms with Crippen LogP contribution < -0.4 is 15.4 Å². The SMILES string of the molecule is C[C@@H](Oc1ccc(Cl)cc1Cl)C(=O)OCC(=O)NC(=O)NC1CCCC1. The van der Waals surface area contributed by atoms with Crippen LogP contribution in [0.1, 0.15) is 32.6 Å². The second kappa shape index (κ2) is 9.64. The highest BCUT2D eigenvalue weighted by atomic mass is 35.5. The summed E-state index contributed by atoms with van der Waals surface area (Å²) < 4.78 is 10.2. The minimum Gasteiger partial charge on any atom is -0.477 e. The number of carbonyl (C=O) groups is 3. The number of carbonyl (C=O) groups excluding carboxylic acids is 3. The zero-order valence-electron chi connectivity index (χ0n) is 14.2. The molecule has 2 rings (SSSR count). The van der Waals surface area contributed by atoms with Gasteiger partial charge in [-0.15, -0.1) is 0 Å². The first kappa shape index (κ1) is 20.3. The number of hydrogen-bond donors (Lipinski definition) is 2. The average molecular weight is 403 g/mol. The lowest BCUT2D eigenvalue weighted by atomic mass is 10.2. The predicted molar refractivity (Wildman–Crippen MR) is 96.4 cm³/mol. The summed E-state index contributed by atoms with van der Waals surface area (Å²) in [5.74, 6) is -1.21. The summed E-state index contributed by atoms with van der Waals surface area (Å²) in [5, 5.41) is 5.51. The fourth-order valence-electron chi connectivity index (χ4n) is 2.52. The Morgan fingerprint density at radius 3 is 2.58 bits per heavy atom. The molecule has 7 nitrogen and oxygen atoms in total. The van der Waals surface area contributed by atoms with Crippen molar-refractivity contribution in [2.75, 3.05) is 6.61 Å². The van der Waals surface area contributed by atoms with Gasteiger partial charge in [0.25, 0.3) is 5.91 Å². The minimum atomic E-state index is -0.992. The van der Waals surface area contributed by atoms with Crippen molar-refractivity contribution in [2.24, 2.45) is 0 Å². The average Bonchev–Trinajstić information content (AvgIpc) is 3.07. The van der Waals surface area contributed by atoms with Crippen molar-refractivity contribution in [1.82, 2.24) is 10.6 Å². The van der Waals surface area contributed by atoms with Gasteiger partial charge in [-0.3, -0.25) is 10.1 Å². The molecule has 3 amide bonds. The van der Waals surface area contributed by atoms with Crippen molar-refractivity contribution < 1.29 is 23.9 Å². The van der Waals surface area contributed by atoms with Crippen LogP contribution in [-0.2, 0) is 14.3 Å². The summed E-state index contributed by atoms with van der Waals surface area (Å²) >= 11 is 11.7. The van der Waals surface area contributed by atoms with Crippen LogP contribution in [-0.4, -0.2) is 36.7 Å². The second-order valence-electron chi connectivity index (χ2n) is 5.95. The monoisotopic (exact) mass is 402 g/mol. The molecule has 1 atom stereocenters. The maximum absolute atomic E-state index is 11.9. The molecule has 0 aliphatic heterocycles. The number of nitrogens with one attached hydrogen (secondary N) is 2. The van der Waals surface area contributed by atoms with Gasteiger partial charge < -0.3 is 14.8 Å². The van der Waals surface area contributed by atoms with Crippen molar-refractivity contribution in [3.05, 3.63) is 28.2 Å². The van der Waals surface area contributed by atoms with Crippen molar-refractivity contribution in [2.45, 2.75) is 44.8 Å². The summed E-state index contributed by atoms with van der Waals surface area (Å²) in [6, 6.07) is 4.07. The molecular formula is C17H20Cl2N2O5. The first-order chi connectivity index (χ1) is 12.3. The van der Waals surface area contributed by atoms with Crippen molar-refractivity contribution >= 4 is 41.1 Å². The third kappa shape index (κ3) is 6.38. The molecule has 1 aliphatic carbocycles. The smallest absolute Gasteiger partial charge is 0.347 e. The van der Waals surface area contributed by atoms with Crippen LogP contribution in [0.5, 0.6) is 5.75 Å². The summed E-state index contributed by atoms with van der Waals surface area (Å²) in [5.41, 5.74) is 0. The largest absolute Gasteiger partial charge is 0.477 e. The maximum Gasteiger partial charge on any atom is 0.347 e. The highest BCUT2D eigenvalue weighted by molar-refractivity contribution is 6.35. The van der Waals surface area contributed by atoms with Gasteiger partial charge in [0.2, 0.25) is 0 Å². The standard InChI is InChI=1S/C17H20Cl2N2O5/c1-10(26-14-7-6-11(18)8-13(14)19)16(23)25-9-15(22)21-17(24)20-12-4-2-3-5-12/h6-8,10,12H,2-5,9H2,1H3,(H2,20,21,22,24)/t10-/m1/s1. The lowest BCUT2D eigenvalue weighted by Crippen LogP contribution is -2.45. The van der Waals surface area contributed by atoms with Gasteiger partial charge in [0, 0.05) is 11.1 Å². The van der Waals surface area contributed by atoms with E-state index in [0.717, 1.165) is 25.7 Å². The van der Waals surface area contributed by atoms with Crippen LogP contribution in [0.2, 0.25) is 10.0 Å². The fourth-order valence-corrected chi connectivity index (χ4v) is 2.97. The Labute approximate surface area is 161 Å². The number of benzene rings is 1. The Hall–Kier alpha value is -1.99. The van der Waals surface area contributed by atoms with E-state index in [1.54, 1.807) is 6.07 Å². The quantitative estimate of drug-likeness (QED) is 0.712. The van der Waals surface area contributed by atoms with Gasteiger partial charge in [-0.05, 0) is 38.0 Å². The van der Waals surface area contributed by atoms with E-state index in [1.165, 1.54) is 19.1 Å². The molecule has 0 saturated heterocycles. The number of urea groups is 1. The summed E-state index contributed by atoms with van der Waals surface area (Å²) in [4.78, 5) is 35.2. The van der Waals surface area contributed by atoms with Crippen LogP contribution in [0.25, 0.3) is 0 Å². The third-order valence-electron chi connectivity index (χ3n) is 3.82. The Morgan fingerprint density at radius 2 is 1.92 bits per heavy atom. The number of ether oxygens (including phenoxy) is 2. The lowest BCUT2D eigenvalue weighted by Gasteiger charge is -2.15. The fraction of sp³-hybridized carbons (Fsp3) is 0.471. The summed E-state index contributed by atoms with van der Waals surface area (Å²) in [7, 11) is 0. The molecule has 0 unspecified atom stereocenters. The molecule has 1 aromatic rings. The van der Waals surface area contributed by atoms with Gasteiger partial charge in [0.05, 0.1) is 5.02 Å². The molecule has 0 bridgehead atoms. The molecule has 1 fully saturated rings. The Bertz CT molecular complexity index is 677. The predicted octanol–water partition coefficient (Wildman–Crippen LogP) is 3.07. The van der Waals surface area contributed by atoms with Gasteiger partial charge in [-0.25, -0.2) is 9.59 Å². The molecule has 1 aliphatic rings. The van der Waals surface area contributed by atoms with Gasteiger partial charge in [0.1, 0.15) is 5.75 Å². The zero-order valence-corrected chi connectivity index (χ0v) is 15.7. The van der Waals surface area contributed by atoms with E-state index in [9.17, 15) is 14.4 Å². The van der Waals surface area contributed by atoms with Crippen molar-refractivity contribution in [3.8, 4) is 5.75 Å². The van der Waals surface area contributed by atoms with Crippen LogP contribution in [0.3, 0.4) is 0 Å². The first-order valence-corrected chi connectivity index (χ1v) is 8.99. The molecule has 0 spiro atoms. The van der Waals surface area contributed by atoms with Crippen molar-refractivity contribution in [1.29, 1.82) is 0 Å². The van der Waals surface area contributed by atoms with E-state index < -0.39 is 30.6 Å². The third-order valence-corrected chi connectivity index (χ3v) is 4.35. The zero-order chi connectivity index (χ0) is 19.1. The molecular weight excluding hydrogens is 383 g/mol. The van der Waals surface area contributed by atoms with E-state index in [2.05, 4.69) is 10.6 Å². The second-order valence-corrected chi connectivity index (χ2v) is 6.79. The number of rotatable bonds is 6. The van der Waals surface area contributed by atoms with Crippen LogP contribution in [0.4, 0.5) is 4.79 Å². The molecule has 142 valence electrons. The van der Waals surface area contributed by atoms with Gasteiger partial charge in [-0.1, -0.05) is 36.0 Å². The van der Waals surface area contributed by atoms with Gasteiger partial charge >= 0.3 is 12.0 Å². The molecule has 1 aromatic carbocycles. The Balaban J connectivity index is 1.72. The van der Waals surface area contributed by atoms with E-state index >= 15 is 0 Å². The molecule has 0 radical (unpaired) electrons. The molecule has 9 heteroatoms. The van der Waals surface area contributed by atoms with Crippen molar-refractivity contribution in [3.63, 3.8) is 0 Å². The minimum absolute atomic E-state index is 0.0860. The van der Waals surface area contributed by atoms with E-state index in [1.807, 2.05) is 0 Å². The van der Waals surface area contributed by atoms with Crippen LogP contribution in [0.15, 0.2) is 18.2 Å². The summed E-state index contributed by atoms with van der Waals surface area (Å²) in [6.07, 6.45) is 2.93. The Kier molecular flexibility index (Phi) is 7.53. The molecule has 26 heavy (non-hydrogen) atoms. The number of esters is 1. The van der Waals surface area contributed by atoms with E-state index in [4.69, 9.17) is 32.7 Å². The topological polar surface area (TPSA) is 93.7 Å². The number of halogens is 2. The van der Waals surface area contributed by atoms with E-state index in [0.29, 0.717) is 5.02 Å². The molecule has 1 saturated carbocycles. The van der Waals surface area contributed by atoms with Crippen LogP contribution >= 0.6 is 23.2 Å². The van der Waals surface area contributed by atoms with Gasteiger partial charge in [-0.2, -0.15) is 0 Å². The number of imide groups is 1. The molecule has 0 aromatic heterocycles. The number of hydrogen-bond acceptors (Lipinski definition) is 5. The first-order valence-electron chi connectivity index (χ1n) is 8.24. The molecule has 2 N–H and O–H groups in total. The van der Waals surface area contributed by atoms with E-state index in [-0.39, 0.29) is 16.8 Å².